The Morgan fingerprint density at radius 2 is 2.45 bits per heavy atom. The van der Waals surface area contributed by atoms with Crippen LogP contribution in [0, 0.1) is 0 Å². The third-order valence-electron chi connectivity index (χ3n) is 2.10. The van der Waals surface area contributed by atoms with E-state index in [2.05, 4.69) is 15.8 Å². The van der Waals surface area contributed by atoms with Gasteiger partial charge in [0, 0.05) is 12.2 Å². The van der Waals surface area contributed by atoms with E-state index in [1.54, 1.807) is 0 Å². The van der Waals surface area contributed by atoms with Gasteiger partial charge >= 0.3 is 0 Å². The van der Waals surface area contributed by atoms with Crippen LogP contribution in [0.4, 0.5) is 0 Å². The molecule has 0 radical (unpaired) electrons. The Hall–Kier alpha value is -0.500. The lowest BCUT2D eigenvalue weighted by atomic mass is 10.1. The molecule has 2 heterocycles. The number of alkyl halides is 1. The van der Waals surface area contributed by atoms with Crippen molar-refractivity contribution in [3.8, 4) is 0 Å². The highest BCUT2D eigenvalue weighted by molar-refractivity contribution is 6.16. The molecule has 0 bridgehead atoms. The molecule has 0 saturated heterocycles. The number of hydrogen-bond donors (Lipinski definition) is 0. The van der Waals surface area contributed by atoms with Gasteiger partial charge in [-0.25, -0.2) is 0 Å². The van der Waals surface area contributed by atoms with E-state index in [1.807, 2.05) is 0 Å². The molecule has 2 nitrogen and oxygen atoms in total. The smallest absolute Gasteiger partial charge is 0.0775 e. The van der Waals surface area contributed by atoms with Crippen LogP contribution in [0.25, 0.3) is 0 Å². The van der Waals surface area contributed by atoms with Crippen molar-refractivity contribution in [3.05, 3.63) is 17.5 Å². The number of halogens is 1. The molecular formula is C8H11ClN2. The SMILES string of the molecule is ClCc1cc2n(n1)CCCC2. The molecule has 0 spiro atoms. The van der Waals surface area contributed by atoms with Crippen molar-refractivity contribution >= 4 is 11.6 Å². The number of aromatic nitrogens is 2. The van der Waals surface area contributed by atoms with Crippen molar-refractivity contribution in [3.63, 3.8) is 0 Å². The highest BCUT2D eigenvalue weighted by Crippen LogP contribution is 2.15. The van der Waals surface area contributed by atoms with Gasteiger partial charge in [0.05, 0.1) is 11.6 Å². The molecule has 1 aliphatic heterocycles. The number of fused-ring (bicyclic) bond motifs is 1. The van der Waals surface area contributed by atoms with Gasteiger partial charge in [-0.1, -0.05) is 0 Å². The summed E-state index contributed by atoms with van der Waals surface area (Å²) < 4.78 is 2.08. The van der Waals surface area contributed by atoms with Crippen molar-refractivity contribution in [1.29, 1.82) is 0 Å². The van der Waals surface area contributed by atoms with Crippen molar-refractivity contribution in [2.24, 2.45) is 0 Å². The maximum Gasteiger partial charge on any atom is 0.0775 e. The van der Waals surface area contributed by atoms with Crippen LogP contribution in [0.1, 0.15) is 24.2 Å². The zero-order valence-corrected chi connectivity index (χ0v) is 7.14. The molecule has 0 amide bonds. The largest absolute Gasteiger partial charge is 0.269 e. The van der Waals surface area contributed by atoms with Gasteiger partial charge in [0.1, 0.15) is 0 Å². The number of hydrogen-bond acceptors (Lipinski definition) is 1. The van der Waals surface area contributed by atoms with E-state index in [0.29, 0.717) is 5.88 Å². The van der Waals surface area contributed by atoms with Crippen LogP contribution in [-0.2, 0) is 18.8 Å². The van der Waals surface area contributed by atoms with Crippen molar-refractivity contribution in [2.75, 3.05) is 0 Å². The Bertz CT molecular complexity index is 231. The fraction of sp³-hybridized carbons (Fsp3) is 0.625. The number of nitrogens with zero attached hydrogens (tertiary/aromatic N) is 2. The molecular weight excluding hydrogens is 160 g/mol. The van der Waals surface area contributed by atoms with Crippen LogP contribution in [-0.4, -0.2) is 9.78 Å². The lowest BCUT2D eigenvalue weighted by Gasteiger charge is -2.11. The summed E-state index contributed by atoms with van der Waals surface area (Å²) in [4.78, 5) is 0. The summed E-state index contributed by atoms with van der Waals surface area (Å²) in [6, 6.07) is 2.12. The van der Waals surface area contributed by atoms with Gasteiger partial charge in [-0.3, -0.25) is 4.68 Å². The summed E-state index contributed by atoms with van der Waals surface area (Å²) in [5.41, 5.74) is 2.37. The molecule has 1 aromatic heterocycles. The molecule has 1 aromatic rings. The molecule has 0 saturated carbocycles. The van der Waals surface area contributed by atoms with E-state index in [4.69, 9.17) is 11.6 Å². The first-order valence-electron chi connectivity index (χ1n) is 4.02. The average Bonchev–Trinajstić information content (AvgIpc) is 2.46. The van der Waals surface area contributed by atoms with Crippen LogP contribution in [0.5, 0.6) is 0 Å². The summed E-state index contributed by atoms with van der Waals surface area (Å²) in [6.07, 6.45) is 3.73. The first kappa shape index (κ1) is 7.17. The summed E-state index contributed by atoms with van der Waals surface area (Å²) >= 11 is 5.67. The third kappa shape index (κ3) is 1.27. The summed E-state index contributed by atoms with van der Waals surface area (Å²) in [7, 11) is 0. The van der Waals surface area contributed by atoms with Gasteiger partial charge in [0.15, 0.2) is 0 Å². The Morgan fingerprint density at radius 3 is 3.18 bits per heavy atom. The zero-order valence-electron chi connectivity index (χ0n) is 6.39. The molecule has 0 aromatic carbocycles. The molecule has 0 N–H and O–H groups in total. The monoisotopic (exact) mass is 170 g/mol. The van der Waals surface area contributed by atoms with Crippen molar-refractivity contribution in [1.82, 2.24) is 9.78 Å². The highest BCUT2D eigenvalue weighted by Gasteiger charge is 2.10. The predicted molar refractivity (Wildman–Crippen MR) is 44.7 cm³/mol. The molecule has 0 aliphatic carbocycles. The second-order valence-electron chi connectivity index (χ2n) is 2.94. The van der Waals surface area contributed by atoms with Gasteiger partial charge in [0.2, 0.25) is 0 Å². The van der Waals surface area contributed by atoms with Crippen LogP contribution >= 0.6 is 11.6 Å². The Morgan fingerprint density at radius 1 is 1.55 bits per heavy atom. The molecule has 2 rings (SSSR count). The Balaban J connectivity index is 2.32. The standard InChI is InChI=1S/C8H11ClN2/c9-6-7-5-8-3-1-2-4-11(8)10-7/h5H,1-4,6H2. The minimum absolute atomic E-state index is 0.542. The van der Waals surface area contributed by atoms with E-state index in [-0.39, 0.29) is 0 Å². The highest BCUT2D eigenvalue weighted by atomic mass is 35.5. The van der Waals surface area contributed by atoms with Crippen LogP contribution < -0.4 is 0 Å². The second kappa shape index (κ2) is 2.86. The average molecular weight is 171 g/mol. The zero-order chi connectivity index (χ0) is 7.68. The van der Waals surface area contributed by atoms with Gasteiger partial charge in [0.25, 0.3) is 0 Å². The minimum Gasteiger partial charge on any atom is -0.269 e. The number of aryl methyl sites for hydroxylation is 2. The summed E-state index contributed by atoms with van der Waals surface area (Å²) in [5.74, 6) is 0.542. The topological polar surface area (TPSA) is 17.8 Å². The molecule has 11 heavy (non-hydrogen) atoms. The van der Waals surface area contributed by atoms with E-state index < -0.39 is 0 Å². The molecule has 0 fully saturated rings. The maximum absolute atomic E-state index is 5.67. The van der Waals surface area contributed by atoms with Gasteiger partial charge in [-0.15, -0.1) is 11.6 Å². The first-order valence-corrected chi connectivity index (χ1v) is 4.55. The van der Waals surface area contributed by atoms with E-state index in [1.165, 1.54) is 25.0 Å². The molecule has 0 unspecified atom stereocenters. The van der Waals surface area contributed by atoms with E-state index in [9.17, 15) is 0 Å². The minimum atomic E-state index is 0.542. The van der Waals surface area contributed by atoms with Crippen LogP contribution in [0.3, 0.4) is 0 Å². The second-order valence-corrected chi connectivity index (χ2v) is 3.21. The lowest BCUT2D eigenvalue weighted by Crippen LogP contribution is -2.10. The van der Waals surface area contributed by atoms with Gasteiger partial charge < -0.3 is 0 Å². The summed E-state index contributed by atoms with van der Waals surface area (Å²) in [5, 5.41) is 4.35. The van der Waals surface area contributed by atoms with E-state index >= 15 is 0 Å². The van der Waals surface area contributed by atoms with Gasteiger partial charge in [-0.2, -0.15) is 5.10 Å². The van der Waals surface area contributed by atoms with Crippen LogP contribution in [0.2, 0.25) is 0 Å². The van der Waals surface area contributed by atoms with E-state index in [0.717, 1.165) is 12.2 Å². The number of rotatable bonds is 1. The molecule has 3 heteroatoms. The van der Waals surface area contributed by atoms with Crippen molar-refractivity contribution in [2.45, 2.75) is 31.7 Å². The third-order valence-corrected chi connectivity index (χ3v) is 2.38. The normalized spacial score (nSPS) is 16.5. The maximum atomic E-state index is 5.67. The van der Waals surface area contributed by atoms with Crippen LogP contribution in [0.15, 0.2) is 6.07 Å². The molecule has 1 aliphatic rings. The quantitative estimate of drug-likeness (QED) is 0.590. The molecule has 0 atom stereocenters. The fourth-order valence-electron chi connectivity index (χ4n) is 1.54. The van der Waals surface area contributed by atoms with Crippen molar-refractivity contribution < 1.29 is 0 Å². The predicted octanol–water partition coefficient (Wildman–Crippen LogP) is 1.96. The lowest BCUT2D eigenvalue weighted by molar-refractivity contribution is 0.484. The van der Waals surface area contributed by atoms with Gasteiger partial charge in [-0.05, 0) is 25.3 Å². The fourth-order valence-corrected chi connectivity index (χ4v) is 1.67. The Labute approximate surface area is 71.2 Å². The molecule has 60 valence electrons. The first-order chi connectivity index (χ1) is 5.40. The Kier molecular flexibility index (Phi) is 1.86. The summed E-state index contributed by atoms with van der Waals surface area (Å²) in [6.45, 7) is 1.08.